The second kappa shape index (κ2) is 5.52. The minimum Gasteiger partial charge on any atom is -0.492 e. The van der Waals surface area contributed by atoms with Crippen molar-refractivity contribution in [2.75, 3.05) is 11.9 Å². The van der Waals surface area contributed by atoms with E-state index < -0.39 is 17.6 Å². The van der Waals surface area contributed by atoms with Crippen molar-refractivity contribution >= 4 is 11.6 Å². The minimum absolute atomic E-state index is 0.0275. The Morgan fingerprint density at radius 1 is 1.19 bits per heavy atom. The third kappa shape index (κ3) is 2.86. The number of nitrogens with one attached hydrogen (secondary N) is 1. The molecule has 108 valence electrons. The number of fused-ring (bicyclic) bond motifs is 1. The SMILES string of the molecule is O=C(Nc1ccc(F)cc1F)[C@@H]1COc2ccccc2C1. The highest BCUT2D eigenvalue weighted by molar-refractivity contribution is 5.93. The van der Waals surface area contributed by atoms with Crippen molar-refractivity contribution in [3.63, 3.8) is 0 Å². The van der Waals surface area contributed by atoms with Gasteiger partial charge in [0, 0.05) is 6.07 Å². The molecule has 21 heavy (non-hydrogen) atoms. The number of carbonyl (C=O) groups is 1. The molecule has 1 N–H and O–H groups in total. The maximum Gasteiger partial charge on any atom is 0.231 e. The van der Waals surface area contributed by atoms with Crippen molar-refractivity contribution in [3.05, 3.63) is 59.7 Å². The molecule has 3 rings (SSSR count). The third-order valence-corrected chi connectivity index (χ3v) is 3.44. The fourth-order valence-electron chi connectivity index (χ4n) is 2.32. The Balaban J connectivity index is 1.72. The highest BCUT2D eigenvalue weighted by Crippen LogP contribution is 2.27. The van der Waals surface area contributed by atoms with Gasteiger partial charge in [-0.1, -0.05) is 18.2 Å². The van der Waals surface area contributed by atoms with Gasteiger partial charge in [0.1, 0.15) is 24.0 Å². The standard InChI is InChI=1S/C16H13F2NO2/c17-12-5-6-14(13(18)8-12)19-16(20)11-7-10-3-1-2-4-15(10)21-9-11/h1-6,8,11H,7,9H2,(H,19,20)/t11-/m0/s1. The van der Waals surface area contributed by atoms with Crippen LogP contribution in [-0.4, -0.2) is 12.5 Å². The minimum atomic E-state index is -0.791. The van der Waals surface area contributed by atoms with Crippen LogP contribution in [0, 0.1) is 17.6 Å². The van der Waals surface area contributed by atoms with Crippen molar-refractivity contribution in [1.29, 1.82) is 0 Å². The molecule has 1 atom stereocenters. The number of benzene rings is 2. The van der Waals surface area contributed by atoms with Gasteiger partial charge in [-0.3, -0.25) is 4.79 Å². The Bertz CT molecular complexity index is 688. The Hall–Kier alpha value is -2.43. The van der Waals surface area contributed by atoms with E-state index in [2.05, 4.69) is 5.32 Å². The maximum atomic E-state index is 13.5. The number of rotatable bonds is 2. The number of ether oxygens (including phenoxy) is 1. The van der Waals surface area contributed by atoms with Gasteiger partial charge in [-0.05, 0) is 30.2 Å². The molecule has 0 fully saturated rings. The van der Waals surface area contributed by atoms with Crippen LogP contribution >= 0.6 is 0 Å². The highest BCUT2D eigenvalue weighted by atomic mass is 19.1. The summed E-state index contributed by atoms with van der Waals surface area (Å²) in [7, 11) is 0. The van der Waals surface area contributed by atoms with E-state index in [1.54, 1.807) is 0 Å². The number of para-hydroxylation sites is 1. The average Bonchev–Trinajstić information content (AvgIpc) is 2.49. The van der Waals surface area contributed by atoms with E-state index in [4.69, 9.17) is 4.74 Å². The normalized spacial score (nSPS) is 16.8. The lowest BCUT2D eigenvalue weighted by Gasteiger charge is -2.24. The zero-order valence-corrected chi connectivity index (χ0v) is 11.1. The van der Waals surface area contributed by atoms with Crippen molar-refractivity contribution in [2.24, 2.45) is 5.92 Å². The number of hydrogen-bond donors (Lipinski definition) is 1. The average molecular weight is 289 g/mol. The smallest absolute Gasteiger partial charge is 0.231 e. The summed E-state index contributed by atoms with van der Waals surface area (Å²) >= 11 is 0. The molecule has 0 saturated heterocycles. The molecule has 0 bridgehead atoms. The monoisotopic (exact) mass is 289 g/mol. The largest absolute Gasteiger partial charge is 0.492 e. The number of carbonyl (C=O) groups excluding carboxylic acids is 1. The quantitative estimate of drug-likeness (QED) is 0.922. The second-order valence-corrected chi connectivity index (χ2v) is 4.93. The van der Waals surface area contributed by atoms with E-state index in [1.807, 2.05) is 24.3 Å². The molecule has 0 spiro atoms. The summed E-state index contributed by atoms with van der Waals surface area (Å²) in [5.74, 6) is -1.44. The van der Waals surface area contributed by atoms with Crippen LogP contribution in [-0.2, 0) is 11.2 Å². The van der Waals surface area contributed by atoms with Crippen molar-refractivity contribution in [1.82, 2.24) is 0 Å². The van der Waals surface area contributed by atoms with Gasteiger partial charge < -0.3 is 10.1 Å². The van der Waals surface area contributed by atoms with Crippen molar-refractivity contribution in [2.45, 2.75) is 6.42 Å². The first kappa shape index (κ1) is 13.5. The first-order valence-corrected chi connectivity index (χ1v) is 6.60. The zero-order valence-electron chi connectivity index (χ0n) is 11.1. The van der Waals surface area contributed by atoms with Crippen LogP contribution in [0.3, 0.4) is 0 Å². The molecule has 3 nitrogen and oxygen atoms in total. The summed E-state index contributed by atoms with van der Waals surface area (Å²) in [6.07, 6.45) is 0.533. The van der Waals surface area contributed by atoms with Crippen LogP contribution in [0.5, 0.6) is 5.75 Å². The summed E-state index contributed by atoms with van der Waals surface area (Å²) in [5, 5.41) is 2.48. The summed E-state index contributed by atoms with van der Waals surface area (Å²) < 4.78 is 31.9. The van der Waals surface area contributed by atoms with Crippen LogP contribution in [0.1, 0.15) is 5.56 Å². The van der Waals surface area contributed by atoms with Gasteiger partial charge in [0.2, 0.25) is 5.91 Å². The van der Waals surface area contributed by atoms with Gasteiger partial charge in [-0.15, -0.1) is 0 Å². The lowest BCUT2D eigenvalue weighted by molar-refractivity contribution is -0.121. The molecule has 0 aliphatic carbocycles. The van der Waals surface area contributed by atoms with E-state index in [0.717, 1.165) is 23.4 Å². The zero-order chi connectivity index (χ0) is 14.8. The number of anilines is 1. The molecular weight excluding hydrogens is 276 g/mol. The van der Waals surface area contributed by atoms with Gasteiger partial charge in [-0.25, -0.2) is 8.78 Å². The first-order valence-electron chi connectivity index (χ1n) is 6.60. The number of halogens is 2. The summed E-state index contributed by atoms with van der Waals surface area (Å²) in [4.78, 5) is 12.2. The summed E-state index contributed by atoms with van der Waals surface area (Å²) in [6, 6.07) is 10.5. The Kier molecular flexibility index (Phi) is 3.56. The van der Waals surface area contributed by atoms with Crippen LogP contribution in [0.25, 0.3) is 0 Å². The molecular formula is C16H13F2NO2. The molecule has 0 aromatic heterocycles. The van der Waals surface area contributed by atoms with E-state index in [9.17, 15) is 13.6 Å². The van der Waals surface area contributed by atoms with E-state index in [0.29, 0.717) is 6.42 Å². The Morgan fingerprint density at radius 3 is 2.81 bits per heavy atom. The van der Waals surface area contributed by atoms with E-state index in [1.165, 1.54) is 6.07 Å². The van der Waals surface area contributed by atoms with Crippen LogP contribution in [0.2, 0.25) is 0 Å². The molecule has 0 unspecified atom stereocenters. The molecule has 2 aromatic rings. The topological polar surface area (TPSA) is 38.3 Å². The third-order valence-electron chi connectivity index (χ3n) is 3.44. The lowest BCUT2D eigenvalue weighted by Crippen LogP contribution is -2.32. The summed E-state index contributed by atoms with van der Waals surface area (Å²) in [5.41, 5.74) is 0.920. The van der Waals surface area contributed by atoms with Crippen molar-refractivity contribution in [3.8, 4) is 5.75 Å². The first-order chi connectivity index (χ1) is 10.1. The Morgan fingerprint density at radius 2 is 2.00 bits per heavy atom. The fraction of sp³-hybridized carbons (Fsp3) is 0.188. The number of hydrogen-bond acceptors (Lipinski definition) is 2. The molecule has 5 heteroatoms. The highest BCUT2D eigenvalue weighted by Gasteiger charge is 2.26. The molecule has 1 heterocycles. The molecule has 0 saturated carbocycles. The van der Waals surface area contributed by atoms with Crippen molar-refractivity contribution < 1.29 is 18.3 Å². The van der Waals surface area contributed by atoms with Gasteiger partial charge in [0.25, 0.3) is 0 Å². The molecule has 1 aliphatic heterocycles. The van der Waals surface area contributed by atoms with E-state index >= 15 is 0 Å². The van der Waals surface area contributed by atoms with Gasteiger partial charge in [0.05, 0.1) is 11.6 Å². The molecule has 0 radical (unpaired) electrons. The van der Waals surface area contributed by atoms with Gasteiger partial charge >= 0.3 is 0 Å². The Labute approximate surface area is 120 Å². The van der Waals surface area contributed by atoms with Crippen LogP contribution in [0.15, 0.2) is 42.5 Å². The maximum absolute atomic E-state index is 13.5. The predicted octanol–water partition coefficient (Wildman–Crippen LogP) is 3.15. The van der Waals surface area contributed by atoms with Gasteiger partial charge in [0.15, 0.2) is 0 Å². The molecule has 1 aliphatic rings. The fourth-order valence-corrected chi connectivity index (χ4v) is 2.32. The molecule has 1 amide bonds. The summed E-state index contributed by atoms with van der Waals surface area (Å²) in [6.45, 7) is 0.242. The second-order valence-electron chi connectivity index (χ2n) is 4.93. The van der Waals surface area contributed by atoms with Gasteiger partial charge in [-0.2, -0.15) is 0 Å². The van der Waals surface area contributed by atoms with E-state index in [-0.39, 0.29) is 18.2 Å². The van der Waals surface area contributed by atoms with Crippen LogP contribution in [0.4, 0.5) is 14.5 Å². The van der Waals surface area contributed by atoms with Crippen LogP contribution < -0.4 is 10.1 Å². The predicted molar refractivity (Wildman–Crippen MR) is 74.1 cm³/mol. The molecule has 2 aromatic carbocycles. The lowest BCUT2D eigenvalue weighted by atomic mass is 9.96. The number of amides is 1.